The molecule has 1 aromatic heterocycles. The number of alkyl halides is 6. The van der Waals surface area contributed by atoms with E-state index in [1.54, 1.807) is 0 Å². The summed E-state index contributed by atoms with van der Waals surface area (Å²) >= 11 is 10.3. The Morgan fingerprint density at radius 1 is 0.750 bits per heavy atom. The molecule has 0 spiro atoms. The van der Waals surface area contributed by atoms with Crippen LogP contribution in [0.5, 0.6) is 0 Å². The first-order valence-corrected chi connectivity index (χ1v) is 5.72. The van der Waals surface area contributed by atoms with E-state index in [0.717, 1.165) is 0 Å². The highest BCUT2D eigenvalue weighted by Crippen LogP contribution is 2.31. The van der Waals surface area contributed by atoms with E-state index in [4.69, 9.17) is 23.2 Å². The molecule has 0 aliphatic heterocycles. The highest BCUT2D eigenvalue weighted by atomic mass is 35.5. The molecule has 0 atom stereocenters. The normalized spacial score (nSPS) is 13.0. The molecule has 0 aliphatic carbocycles. The zero-order valence-corrected chi connectivity index (χ0v) is 9.99. The van der Waals surface area contributed by atoms with Crippen molar-refractivity contribution in [3.63, 3.8) is 0 Å². The molecule has 0 aromatic carbocycles. The van der Waals surface area contributed by atoms with Crippen molar-refractivity contribution in [2.75, 3.05) is 0 Å². The van der Waals surface area contributed by atoms with Crippen molar-refractivity contribution in [3.8, 4) is 0 Å². The lowest BCUT2D eigenvalue weighted by atomic mass is 10.6. The molecule has 1 aromatic rings. The largest absolute Gasteiger partial charge is 0.429 e. The highest BCUT2D eigenvalue weighted by molar-refractivity contribution is 7.36. The zero-order chi connectivity index (χ0) is 12.7. The first kappa shape index (κ1) is 14.1. The van der Waals surface area contributed by atoms with Gasteiger partial charge in [-0.15, -0.1) is 22.7 Å². The van der Waals surface area contributed by atoms with Gasteiger partial charge in [0.1, 0.15) is 17.8 Å². The fourth-order valence-corrected chi connectivity index (χ4v) is 2.97. The van der Waals surface area contributed by atoms with E-state index in [-0.39, 0.29) is 22.7 Å². The second-order valence-electron chi connectivity index (χ2n) is 2.40. The minimum Gasteiger partial charge on any atom is -0.165 e. The van der Waals surface area contributed by atoms with Crippen molar-refractivity contribution in [2.24, 2.45) is 0 Å². The molecule has 10 heteroatoms. The van der Waals surface area contributed by atoms with Gasteiger partial charge in [0.2, 0.25) is 0 Å². The standard InChI is InChI=1S/C6Cl2F6S2/c7-1(5(9,10)11)3-15-4(16-3)2(8)6(12,13)14. The van der Waals surface area contributed by atoms with Crippen LogP contribution in [0, 0.1) is 0 Å². The zero-order valence-electron chi connectivity index (χ0n) is 6.84. The van der Waals surface area contributed by atoms with Crippen LogP contribution in [-0.2, 0) is 0 Å². The summed E-state index contributed by atoms with van der Waals surface area (Å²) in [6, 6.07) is 0. The summed E-state index contributed by atoms with van der Waals surface area (Å²) < 4.78 is 71.1. The van der Waals surface area contributed by atoms with Crippen LogP contribution in [-0.4, -0.2) is 12.4 Å². The summed E-state index contributed by atoms with van der Waals surface area (Å²) in [7, 11) is 0. The maximum atomic E-state index is 12.0. The monoisotopic (exact) mass is 320 g/mol. The van der Waals surface area contributed by atoms with Gasteiger partial charge in [-0.25, -0.2) is 0 Å². The molecule has 1 heterocycles. The van der Waals surface area contributed by atoms with Gasteiger partial charge in [0.25, 0.3) is 0 Å². The summed E-state index contributed by atoms with van der Waals surface area (Å²) in [5.74, 6) is 0. The Labute approximate surface area is 102 Å². The van der Waals surface area contributed by atoms with Gasteiger partial charge in [-0.1, -0.05) is 23.2 Å². The van der Waals surface area contributed by atoms with E-state index in [1.807, 2.05) is 0 Å². The first-order chi connectivity index (χ1) is 7.03. The van der Waals surface area contributed by atoms with Gasteiger partial charge in [0.05, 0.1) is 0 Å². The van der Waals surface area contributed by atoms with Gasteiger partial charge in [-0.2, -0.15) is 26.3 Å². The van der Waals surface area contributed by atoms with E-state index in [2.05, 4.69) is 0 Å². The van der Waals surface area contributed by atoms with Gasteiger partial charge in [0.15, 0.2) is 0 Å². The van der Waals surface area contributed by atoms with Crippen LogP contribution >= 0.6 is 45.9 Å². The highest BCUT2D eigenvalue weighted by Gasteiger charge is 2.36. The molecule has 0 radical (unpaired) electrons. The Hall–Kier alpha value is 0.0800. The Bertz CT molecular complexity index is 430. The third-order valence-corrected chi connectivity index (χ3v) is 5.04. The molecule has 1 rings (SSSR count). The van der Waals surface area contributed by atoms with E-state index in [9.17, 15) is 26.3 Å². The summed E-state index contributed by atoms with van der Waals surface area (Å²) in [6.45, 7) is 0. The van der Waals surface area contributed by atoms with E-state index >= 15 is 0 Å². The Kier molecular flexibility index (Phi) is 3.88. The summed E-state index contributed by atoms with van der Waals surface area (Å²) in [4.78, 5) is 0. The molecule has 92 valence electrons. The molecule has 0 saturated carbocycles. The Morgan fingerprint density at radius 3 is 1.19 bits per heavy atom. The average molecular weight is 321 g/mol. The van der Waals surface area contributed by atoms with Crippen molar-refractivity contribution in [1.82, 2.24) is 0 Å². The molecule has 0 aliphatic rings. The van der Waals surface area contributed by atoms with Crippen molar-refractivity contribution in [1.29, 1.82) is 0 Å². The molecule has 0 unspecified atom stereocenters. The minimum absolute atomic E-state index is 0.262. The molecule has 0 saturated heterocycles. The Morgan fingerprint density at radius 2 is 1.00 bits per heavy atom. The number of hydrogen-bond donors (Lipinski definition) is 0. The lowest BCUT2D eigenvalue weighted by molar-refractivity contribution is -0.0670. The van der Waals surface area contributed by atoms with Gasteiger partial charge in [0, 0.05) is 0 Å². The predicted octanol–water partition coefficient (Wildman–Crippen LogP) is 3.63. The van der Waals surface area contributed by atoms with Crippen molar-refractivity contribution in [3.05, 3.63) is 7.69 Å². The van der Waals surface area contributed by atoms with E-state index in [1.165, 1.54) is 0 Å². The fraction of sp³-hybridized carbons (Fsp3) is 0.333. The molecule has 0 N–H and O–H groups in total. The van der Waals surface area contributed by atoms with Crippen LogP contribution in [0.15, 0.2) is 0 Å². The van der Waals surface area contributed by atoms with Crippen molar-refractivity contribution < 1.29 is 26.3 Å². The third kappa shape index (κ3) is 3.06. The van der Waals surface area contributed by atoms with Crippen LogP contribution in [0.4, 0.5) is 26.3 Å². The maximum absolute atomic E-state index is 12.0. The predicted molar refractivity (Wildman–Crippen MR) is 52.1 cm³/mol. The SMILES string of the molecule is FC(F)(F)C(Cl)=c1sc(=C(Cl)C(F)(F)F)s1. The maximum Gasteiger partial charge on any atom is 0.429 e. The molecule has 0 bridgehead atoms. The number of hydrogen-bond acceptors (Lipinski definition) is 2. The Balaban J connectivity index is 3.24. The van der Waals surface area contributed by atoms with Crippen molar-refractivity contribution in [2.45, 2.75) is 12.4 Å². The number of halogens is 8. The van der Waals surface area contributed by atoms with Gasteiger partial charge in [-0.3, -0.25) is 0 Å². The van der Waals surface area contributed by atoms with E-state index in [0.29, 0.717) is 0 Å². The average Bonchev–Trinajstić information content (AvgIpc) is 1.97. The quantitative estimate of drug-likeness (QED) is 0.640. The molecular formula is C6Cl2F6S2. The van der Waals surface area contributed by atoms with Crippen molar-refractivity contribution >= 4 is 55.9 Å². The van der Waals surface area contributed by atoms with Gasteiger partial charge in [-0.05, 0) is 0 Å². The second-order valence-corrected chi connectivity index (χ2v) is 5.72. The van der Waals surface area contributed by atoms with Crippen LogP contribution in [0.1, 0.15) is 0 Å². The van der Waals surface area contributed by atoms with Crippen LogP contribution in [0.25, 0.3) is 10.1 Å². The first-order valence-electron chi connectivity index (χ1n) is 3.33. The second kappa shape index (κ2) is 4.40. The molecule has 0 fully saturated rings. The van der Waals surface area contributed by atoms with E-state index < -0.39 is 30.1 Å². The van der Waals surface area contributed by atoms with Crippen LogP contribution in [0.2, 0.25) is 0 Å². The lowest BCUT2D eigenvalue weighted by Crippen LogP contribution is -2.23. The smallest absolute Gasteiger partial charge is 0.165 e. The molecular weight excluding hydrogens is 321 g/mol. The number of rotatable bonds is 0. The van der Waals surface area contributed by atoms with Gasteiger partial charge < -0.3 is 0 Å². The lowest BCUT2D eigenvalue weighted by Gasteiger charge is -2.06. The minimum atomic E-state index is -4.76. The molecule has 16 heavy (non-hydrogen) atoms. The van der Waals surface area contributed by atoms with Crippen LogP contribution in [0.3, 0.4) is 0 Å². The topological polar surface area (TPSA) is 0 Å². The molecule has 0 nitrogen and oxygen atoms in total. The summed E-state index contributed by atoms with van der Waals surface area (Å²) in [6.07, 6.45) is -9.51. The third-order valence-electron chi connectivity index (χ3n) is 1.23. The summed E-state index contributed by atoms with van der Waals surface area (Å²) in [5.41, 5.74) is 0. The van der Waals surface area contributed by atoms with Gasteiger partial charge >= 0.3 is 12.4 Å². The molecule has 0 amide bonds. The summed E-state index contributed by atoms with van der Waals surface area (Å²) in [5, 5.41) is -2.87. The van der Waals surface area contributed by atoms with Crippen LogP contribution < -0.4 is 7.69 Å². The fourth-order valence-electron chi connectivity index (χ4n) is 0.587.